The van der Waals surface area contributed by atoms with E-state index in [9.17, 15) is 9.90 Å². The molecule has 1 unspecified atom stereocenters. The number of carboxylic acids is 1. The van der Waals surface area contributed by atoms with Gasteiger partial charge >= 0.3 is 5.97 Å². The van der Waals surface area contributed by atoms with Gasteiger partial charge in [-0.1, -0.05) is 0 Å². The van der Waals surface area contributed by atoms with Crippen molar-refractivity contribution in [3.8, 4) is 0 Å². The van der Waals surface area contributed by atoms with Gasteiger partial charge < -0.3 is 9.52 Å². The van der Waals surface area contributed by atoms with Gasteiger partial charge in [-0.05, 0) is 34.7 Å². The van der Waals surface area contributed by atoms with Crippen LogP contribution in [0.25, 0.3) is 0 Å². The van der Waals surface area contributed by atoms with Crippen molar-refractivity contribution in [1.82, 2.24) is 9.88 Å². The molecule has 1 aromatic heterocycles. The van der Waals surface area contributed by atoms with Gasteiger partial charge in [-0.15, -0.1) is 0 Å². The predicted octanol–water partition coefficient (Wildman–Crippen LogP) is 2.15. The molecule has 1 rings (SSSR count). The van der Waals surface area contributed by atoms with Gasteiger partial charge in [0, 0.05) is 6.92 Å². The second kappa shape index (κ2) is 4.49. The summed E-state index contributed by atoms with van der Waals surface area (Å²) < 4.78 is 5.37. The molecule has 1 aromatic rings. The Kier molecular flexibility index (Phi) is 3.62. The largest absolute Gasteiger partial charge is 0.480 e. The fourth-order valence-electron chi connectivity index (χ4n) is 1.75. The summed E-state index contributed by atoms with van der Waals surface area (Å²) >= 11 is 0. The monoisotopic (exact) mass is 240 g/mol. The SMILES string of the molecule is Cc1nc(C(C)N(C)C(C)(C)C(=O)O)c(C)o1. The van der Waals surface area contributed by atoms with Crippen molar-refractivity contribution in [2.24, 2.45) is 0 Å². The van der Waals surface area contributed by atoms with Crippen LogP contribution in [0.4, 0.5) is 0 Å². The van der Waals surface area contributed by atoms with Crippen molar-refractivity contribution >= 4 is 5.97 Å². The van der Waals surface area contributed by atoms with E-state index >= 15 is 0 Å². The average Bonchev–Trinajstić information content (AvgIpc) is 2.55. The van der Waals surface area contributed by atoms with E-state index in [-0.39, 0.29) is 6.04 Å². The van der Waals surface area contributed by atoms with Crippen molar-refractivity contribution in [2.75, 3.05) is 7.05 Å². The first-order chi connectivity index (χ1) is 7.67. The number of hydrogen-bond donors (Lipinski definition) is 1. The summed E-state index contributed by atoms with van der Waals surface area (Å²) in [7, 11) is 1.78. The maximum atomic E-state index is 11.2. The quantitative estimate of drug-likeness (QED) is 0.873. The van der Waals surface area contributed by atoms with E-state index in [2.05, 4.69) is 4.98 Å². The van der Waals surface area contributed by atoms with Gasteiger partial charge in [-0.3, -0.25) is 9.69 Å². The zero-order chi connectivity index (χ0) is 13.4. The summed E-state index contributed by atoms with van der Waals surface area (Å²) in [5.74, 6) is 0.485. The van der Waals surface area contributed by atoms with Crippen LogP contribution >= 0.6 is 0 Å². The van der Waals surface area contributed by atoms with E-state index < -0.39 is 11.5 Å². The Hall–Kier alpha value is -1.36. The van der Waals surface area contributed by atoms with Crippen molar-refractivity contribution < 1.29 is 14.3 Å². The maximum Gasteiger partial charge on any atom is 0.323 e. The number of rotatable bonds is 4. The first-order valence-corrected chi connectivity index (χ1v) is 5.58. The molecule has 0 amide bonds. The number of aromatic nitrogens is 1. The van der Waals surface area contributed by atoms with E-state index in [1.807, 2.05) is 13.8 Å². The summed E-state index contributed by atoms with van der Waals surface area (Å²) in [6.45, 7) is 8.90. The predicted molar refractivity (Wildman–Crippen MR) is 63.9 cm³/mol. The van der Waals surface area contributed by atoms with Crippen LogP contribution in [0.2, 0.25) is 0 Å². The number of aliphatic carboxylic acids is 1. The Balaban J connectivity index is 3.02. The summed E-state index contributed by atoms with van der Waals surface area (Å²) in [4.78, 5) is 17.3. The van der Waals surface area contributed by atoms with Gasteiger partial charge in [0.05, 0.1) is 11.7 Å². The number of likely N-dealkylation sites (N-methyl/N-ethyl adjacent to an activating group) is 1. The lowest BCUT2D eigenvalue weighted by Crippen LogP contribution is -2.49. The van der Waals surface area contributed by atoms with Crippen molar-refractivity contribution in [3.63, 3.8) is 0 Å². The number of hydrogen-bond acceptors (Lipinski definition) is 4. The molecule has 0 aromatic carbocycles. The van der Waals surface area contributed by atoms with E-state index in [0.717, 1.165) is 11.5 Å². The molecule has 0 saturated carbocycles. The van der Waals surface area contributed by atoms with Crippen molar-refractivity contribution in [1.29, 1.82) is 0 Å². The normalized spacial score (nSPS) is 14.1. The smallest absolute Gasteiger partial charge is 0.323 e. The summed E-state index contributed by atoms with van der Waals surface area (Å²) in [6.07, 6.45) is 0. The highest BCUT2D eigenvalue weighted by Crippen LogP contribution is 2.28. The zero-order valence-electron chi connectivity index (χ0n) is 11.2. The topological polar surface area (TPSA) is 66.6 Å². The van der Waals surface area contributed by atoms with Crippen molar-refractivity contribution in [3.05, 3.63) is 17.3 Å². The molecule has 5 nitrogen and oxygen atoms in total. The van der Waals surface area contributed by atoms with Crippen LogP contribution in [-0.4, -0.2) is 33.5 Å². The second-order valence-electron chi connectivity index (χ2n) is 4.83. The van der Waals surface area contributed by atoms with Gasteiger partial charge in [0.2, 0.25) is 0 Å². The highest BCUT2D eigenvalue weighted by Gasteiger charge is 2.36. The fourth-order valence-corrected chi connectivity index (χ4v) is 1.75. The van der Waals surface area contributed by atoms with E-state index in [4.69, 9.17) is 4.42 Å². The lowest BCUT2D eigenvalue weighted by molar-refractivity contribution is -0.149. The Bertz CT molecular complexity index is 423. The van der Waals surface area contributed by atoms with Crippen LogP contribution in [0.3, 0.4) is 0 Å². The summed E-state index contributed by atoms with van der Waals surface area (Å²) in [5, 5.41) is 9.20. The molecular formula is C12H20N2O3. The number of oxazole rings is 1. The average molecular weight is 240 g/mol. The molecule has 0 spiro atoms. The Labute approximate surface area is 101 Å². The number of nitrogens with zero attached hydrogens (tertiary/aromatic N) is 2. The number of aryl methyl sites for hydroxylation is 2. The summed E-state index contributed by atoms with van der Waals surface area (Å²) in [5.41, 5.74) is -0.155. The van der Waals surface area contributed by atoms with Crippen LogP contribution < -0.4 is 0 Å². The molecule has 96 valence electrons. The first-order valence-electron chi connectivity index (χ1n) is 5.58. The van der Waals surface area contributed by atoms with Crippen LogP contribution in [0.5, 0.6) is 0 Å². The van der Waals surface area contributed by atoms with Crippen LogP contribution in [-0.2, 0) is 4.79 Å². The minimum absolute atomic E-state index is 0.112. The number of carboxylic acid groups (broad SMARTS) is 1. The van der Waals surface area contributed by atoms with Crippen LogP contribution in [0.1, 0.15) is 44.2 Å². The standard InChI is InChI=1S/C12H20N2O3/c1-7(10-8(2)17-9(3)13-10)14(6)12(4,5)11(15)16/h7H,1-6H3,(H,15,16). The van der Waals surface area contributed by atoms with Crippen LogP contribution in [0.15, 0.2) is 4.42 Å². The molecular weight excluding hydrogens is 220 g/mol. The van der Waals surface area contributed by atoms with E-state index in [1.165, 1.54) is 0 Å². The van der Waals surface area contributed by atoms with E-state index in [0.29, 0.717) is 5.89 Å². The highest BCUT2D eigenvalue weighted by atomic mass is 16.4. The Morgan fingerprint density at radius 2 is 2.00 bits per heavy atom. The molecule has 1 heterocycles. The first kappa shape index (κ1) is 13.7. The molecule has 1 N–H and O–H groups in total. The molecule has 0 saturated heterocycles. The molecule has 0 bridgehead atoms. The maximum absolute atomic E-state index is 11.2. The minimum Gasteiger partial charge on any atom is -0.480 e. The second-order valence-corrected chi connectivity index (χ2v) is 4.83. The molecule has 0 aliphatic rings. The lowest BCUT2D eigenvalue weighted by atomic mass is 10.0. The molecule has 5 heteroatoms. The van der Waals surface area contributed by atoms with Crippen LogP contribution in [0, 0.1) is 13.8 Å². The van der Waals surface area contributed by atoms with Gasteiger partial charge in [-0.25, -0.2) is 4.98 Å². The molecule has 1 atom stereocenters. The fraction of sp³-hybridized carbons (Fsp3) is 0.667. The third-order valence-electron chi connectivity index (χ3n) is 3.32. The summed E-state index contributed by atoms with van der Waals surface area (Å²) in [6, 6.07) is -0.112. The molecule has 0 aliphatic carbocycles. The highest BCUT2D eigenvalue weighted by molar-refractivity contribution is 5.77. The van der Waals surface area contributed by atoms with Gasteiger partial charge in [-0.2, -0.15) is 0 Å². The molecule has 0 aliphatic heterocycles. The van der Waals surface area contributed by atoms with Crippen molar-refractivity contribution in [2.45, 2.75) is 46.2 Å². The van der Waals surface area contributed by atoms with Gasteiger partial charge in [0.25, 0.3) is 0 Å². The number of carbonyl (C=O) groups is 1. The zero-order valence-corrected chi connectivity index (χ0v) is 11.2. The Morgan fingerprint density at radius 3 is 2.35 bits per heavy atom. The molecule has 0 radical (unpaired) electrons. The van der Waals surface area contributed by atoms with Gasteiger partial charge in [0.15, 0.2) is 5.89 Å². The third-order valence-corrected chi connectivity index (χ3v) is 3.32. The molecule has 17 heavy (non-hydrogen) atoms. The third kappa shape index (κ3) is 2.49. The minimum atomic E-state index is -0.946. The van der Waals surface area contributed by atoms with Gasteiger partial charge in [0.1, 0.15) is 11.3 Å². The lowest BCUT2D eigenvalue weighted by Gasteiger charge is -2.35. The Morgan fingerprint density at radius 1 is 1.47 bits per heavy atom. The van der Waals surface area contributed by atoms with E-state index in [1.54, 1.807) is 32.7 Å². The molecule has 0 fully saturated rings.